The lowest BCUT2D eigenvalue weighted by Crippen LogP contribution is -2.41. The zero-order valence-corrected chi connectivity index (χ0v) is 12.8. The molecule has 0 aromatic rings. The van der Waals surface area contributed by atoms with Crippen LogP contribution in [0, 0.1) is 0 Å². The second kappa shape index (κ2) is 5.54. The van der Waals surface area contributed by atoms with E-state index in [2.05, 4.69) is 35.6 Å². The lowest BCUT2D eigenvalue weighted by atomic mass is 9.96. The van der Waals surface area contributed by atoms with Crippen molar-refractivity contribution < 1.29 is 9.59 Å². The minimum Gasteiger partial charge on any atom is -0.355 e. The van der Waals surface area contributed by atoms with Crippen molar-refractivity contribution in [3.63, 3.8) is 0 Å². The molecule has 0 saturated heterocycles. The summed E-state index contributed by atoms with van der Waals surface area (Å²) in [4.78, 5) is 22.9. The van der Waals surface area contributed by atoms with Gasteiger partial charge in [-0.2, -0.15) is 5.10 Å². The van der Waals surface area contributed by atoms with Crippen molar-refractivity contribution in [3.8, 4) is 0 Å². The first-order valence-corrected chi connectivity index (χ1v) is 11.5. The van der Waals surface area contributed by atoms with Crippen LogP contribution in [0.25, 0.3) is 0 Å². The molecule has 1 aliphatic carbocycles. The van der Waals surface area contributed by atoms with Crippen molar-refractivity contribution in [2.24, 2.45) is 5.10 Å². The van der Waals surface area contributed by atoms with E-state index < -0.39 is 17.9 Å². The Bertz CT molecular complexity index is 319. The van der Waals surface area contributed by atoms with Gasteiger partial charge >= 0.3 is 0 Å². The molecule has 16 heavy (non-hydrogen) atoms. The summed E-state index contributed by atoms with van der Waals surface area (Å²) >= 11 is 0. The molecular formula is C10H20N2O2Si2. The molecule has 0 radical (unpaired) electrons. The van der Waals surface area contributed by atoms with E-state index in [-0.39, 0.29) is 11.6 Å². The van der Waals surface area contributed by atoms with E-state index in [0.29, 0.717) is 18.6 Å². The van der Waals surface area contributed by atoms with Crippen LogP contribution in [0.1, 0.15) is 19.3 Å². The average molecular weight is 256 g/mol. The van der Waals surface area contributed by atoms with Gasteiger partial charge in [-0.05, 0) is 12.8 Å². The zero-order valence-electron chi connectivity index (χ0n) is 10.5. The molecule has 6 heteroatoms. The van der Waals surface area contributed by atoms with Crippen LogP contribution in [0.15, 0.2) is 5.10 Å². The highest BCUT2D eigenvalue weighted by Gasteiger charge is 2.26. The standard InChI is InChI=1S/C10H20N2O2Si2/c1-15(2)12(16(3)4)11-8-6-5-7-9(13)10(8)14/h15-16H,5-7H2,1-4H3. The summed E-state index contributed by atoms with van der Waals surface area (Å²) in [6.45, 7) is 8.80. The number of carbonyl (C=O) groups excluding carboxylic acids is 2. The van der Waals surface area contributed by atoms with Crippen molar-refractivity contribution in [1.29, 1.82) is 0 Å². The summed E-state index contributed by atoms with van der Waals surface area (Å²) in [7, 11) is -2.04. The number of ketones is 2. The molecular weight excluding hydrogens is 236 g/mol. The van der Waals surface area contributed by atoms with E-state index in [4.69, 9.17) is 0 Å². The Hall–Kier alpha value is -0.756. The second-order valence-corrected chi connectivity index (χ2v) is 10.7. The van der Waals surface area contributed by atoms with E-state index in [0.717, 1.165) is 6.42 Å². The molecule has 90 valence electrons. The molecule has 0 N–H and O–H groups in total. The fourth-order valence-electron chi connectivity index (χ4n) is 1.87. The van der Waals surface area contributed by atoms with Crippen LogP contribution in [0.4, 0.5) is 0 Å². The molecule has 0 heterocycles. The van der Waals surface area contributed by atoms with Gasteiger partial charge in [0.1, 0.15) is 23.6 Å². The van der Waals surface area contributed by atoms with E-state index in [1.54, 1.807) is 0 Å². The van der Waals surface area contributed by atoms with Gasteiger partial charge in [0.2, 0.25) is 11.6 Å². The van der Waals surface area contributed by atoms with Crippen LogP contribution in [0.3, 0.4) is 0 Å². The Labute approximate surface area is 100 Å². The number of rotatable bonds is 3. The lowest BCUT2D eigenvalue weighted by molar-refractivity contribution is -0.133. The van der Waals surface area contributed by atoms with Gasteiger partial charge in [-0.15, -0.1) is 0 Å². The van der Waals surface area contributed by atoms with Crippen molar-refractivity contribution in [2.45, 2.75) is 45.5 Å². The highest BCUT2D eigenvalue weighted by Crippen LogP contribution is 2.11. The maximum atomic E-state index is 11.6. The minimum atomic E-state index is -1.02. The summed E-state index contributed by atoms with van der Waals surface area (Å²) < 4.78 is 2.16. The van der Waals surface area contributed by atoms with Crippen molar-refractivity contribution in [3.05, 3.63) is 0 Å². The molecule has 0 unspecified atom stereocenters. The second-order valence-electron chi connectivity index (χ2n) is 4.72. The van der Waals surface area contributed by atoms with Crippen molar-refractivity contribution in [1.82, 2.24) is 4.34 Å². The van der Waals surface area contributed by atoms with Gasteiger partial charge in [-0.25, -0.2) is 0 Å². The molecule has 0 bridgehead atoms. The number of Topliss-reactive ketones (excluding diaryl/α,β-unsaturated/α-hetero) is 2. The van der Waals surface area contributed by atoms with E-state index in [9.17, 15) is 9.59 Å². The molecule has 1 rings (SSSR count). The van der Waals surface area contributed by atoms with E-state index in [1.807, 2.05) is 0 Å². The summed E-state index contributed by atoms with van der Waals surface area (Å²) in [6, 6.07) is 0. The SMILES string of the molecule is C[SiH](C)N(N=C1CCCC(=O)C1=O)[SiH](C)C. The first-order chi connectivity index (χ1) is 7.43. The molecule has 0 aliphatic heterocycles. The summed E-state index contributed by atoms with van der Waals surface area (Å²) in [5, 5.41) is 4.47. The number of nitrogens with zero attached hydrogens (tertiary/aromatic N) is 2. The molecule has 1 saturated carbocycles. The third kappa shape index (κ3) is 3.12. The van der Waals surface area contributed by atoms with Crippen molar-refractivity contribution in [2.75, 3.05) is 0 Å². The average Bonchev–Trinajstić information content (AvgIpc) is 2.19. The molecule has 0 amide bonds. The Morgan fingerprint density at radius 3 is 2.12 bits per heavy atom. The molecule has 4 nitrogen and oxygen atoms in total. The lowest BCUT2D eigenvalue weighted by Gasteiger charge is -2.28. The largest absolute Gasteiger partial charge is 0.355 e. The third-order valence-electron chi connectivity index (χ3n) is 2.63. The smallest absolute Gasteiger partial charge is 0.244 e. The van der Waals surface area contributed by atoms with Gasteiger partial charge in [0.15, 0.2) is 0 Å². The fourth-order valence-corrected chi connectivity index (χ4v) is 7.38. The number of hydrazone groups is 1. The topological polar surface area (TPSA) is 49.7 Å². The number of hydrogen-bond donors (Lipinski definition) is 0. The highest BCUT2D eigenvalue weighted by molar-refractivity contribution is 6.71. The first kappa shape index (κ1) is 13.3. The molecule has 1 fully saturated rings. The van der Waals surface area contributed by atoms with Crippen LogP contribution in [0.5, 0.6) is 0 Å². The van der Waals surface area contributed by atoms with Crippen LogP contribution in [-0.4, -0.2) is 39.5 Å². The fraction of sp³-hybridized carbons (Fsp3) is 0.700. The van der Waals surface area contributed by atoms with Crippen LogP contribution < -0.4 is 0 Å². The van der Waals surface area contributed by atoms with Crippen molar-refractivity contribution >= 4 is 35.2 Å². The number of carbonyl (C=O) groups is 2. The predicted octanol–water partition coefficient (Wildman–Crippen LogP) is 0.933. The third-order valence-corrected chi connectivity index (χ3v) is 8.55. The highest BCUT2D eigenvalue weighted by atomic mass is 28.3. The van der Waals surface area contributed by atoms with Gasteiger partial charge in [-0.3, -0.25) is 9.59 Å². The van der Waals surface area contributed by atoms with E-state index >= 15 is 0 Å². The Kier molecular flexibility index (Phi) is 4.60. The first-order valence-electron chi connectivity index (χ1n) is 5.86. The molecule has 0 aromatic carbocycles. The molecule has 0 aromatic heterocycles. The molecule has 0 spiro atoms. The Balaban J connectivity index is 2.88. The number of hydrogen-bond acceptors (Lipinski definition) is 4. The van der Waals surface area contributed by atoms with Gasteiger partial charge in [0.25, 0.3) is 0 Å². The van der Waals surface area contributed by atoms with Gasteiger partial charge in [-0.1, -0.05) is 26.2 Å². The quantitative estimate of drug-likeness (QED) is 0.429. The minimum absolute atomic E-state index is 0.263. The van der Waals surface area contributed by atoms with Gasteiger partial charge in [0, 0.05) is 6.42 Å². The summed E-state index contributed by atoms with van der Waals surface area (Å²) in [5.74, 6) is -0.610. The normalized spacial score (nSPS) is 20.0. The van der Waals surface area contributed by atoms with Crippen LogP contribution >= 0.6 is 0 Å². The maximum absolute atomic E-state index is 11.6. The van der Waals surface area contributed by atoms with E-state index in [1.165, 1.54) is 0 Å². The van der Waals surface area contributed by atoms with Crippen LogP contribution in [-0.2, 0) is 9.59 Å². The van der Waals surface area contributed by atoms with Crippen LogP contribution in [0.2, 0.25) is 26.2 Å². The Morgan fingerprint density at radius 1 is 1.06 bits per heavy atom. The maximum Gasteiger partial charge on any atom is 0.244 e. The monoisotopic (exact) mass is 256 g/mol. The zero-order chi connectivity index (χ0) is 12.3. The predicted molar refractivity (Wildman–Crippen MR) is 70.9 cm³/mol. The van der Waals surface area contributed by atoms with Gasteiger partial charge in [0.05, 0.1) is 0 Å². The van der Waals surface area contributed by atoms with Gasteiger partial charge < -0.3 is 4.34 Å². The summed E-state index contributed by atoms with van der Waals surface area (Å²) in [6.07, 6.45) is 1.84. The molecule has 0 atom stereocenters. The molecule has 1 aliphatic rings. The summed E-state index contributed by atoms with van der Waals surface area (Å²) in [5.41, 5.74) is 0.499. The Morgan fingerprint density at radius 2 is 1.62 bits per heavy atom.